The quantitative estimate of drug-likeness (QED) is 0.574. The molecular weight excluding hydrogens is 334 g/mol. The zero-order valence-corrected chi connectivity index (χ0v) is 15.9. The number of rotatable bonds is 7. The number of thiazole rings is 1. The summed E-state index contributed by atoms with van der Waals surface area (Å²) in [4.78, 5) is 10.0. The summed E-state index contributed by atoms with van der Waals surface area (Å²) in [6.07, 6.45) is 4.99. The number of hydrogen-bond acceptors (Lipinski definition) is 6. The van der Waals surface area contributed by atoms with E-state index >= 15 is 0 Å². The van der Waals surface area contributed by atoms with Crippen LogP contribution in [0.25, 0.3) is 11.4 Å². The second-order valence-corrected chi connectivity index (χ2v) is 7.30. The molecule has 132 valence electrons. The van der Waals surface area contributed by atoms with Gasteiger partial charge in [0, 0.05) is 23.6 Å². The van der Waals surface area contributed by atoms with Crippen molar-refractivity contribution in [3.8, 4) is 17.1 Å². The molecule has 0 fully saturated rings. The van der Waals surface area contributed by atoms with E-state index < -0.39 is 0 Å². The van der Waals surface area contributed by atoms with E-state index in [0.717, 1.165) is 41.7 Å². The Bertz CT molecular complexity index is 831. The summed E-state index contributed by atoms with van der Waals surface area (Å²) < 4.78 is 11.1. The fraction of sp³-hybridized carbons (Fsp3) is 0.421. The predicted octanol–water partition coefficient (Wildman–Crippen LogP) is 4.69. The second-order valence-electron chi connectivity index (χ2n) is 6.10. The molecule has 3 rings (SSSR count). The first kappa shape index (κ1) is 17.6. The Hall–Kier alpha value is -2.21. The average Bonchev–Trinajstić information content (AvgIpc) is 3.22. The van der Waals surface area contributed by atoms with Gasteiger partial charge in [0.05, 0.1) is 11.6 Å². The minimum Gasteiger partial charge on any atom is -0.493 e. The molecular formula is C19H23N3O2S. The lowest BCUT2D eigenvalue weighted by atomic mass is 10.1. The van der Waals surface area contributed by atoms with Gasteiger partial charge in [0.2, 0.25) is 11.7 Å². The third-order valence-electron chi connectivity index (χ3n) is 3.96. The van der Waals surface area contributed by atoms with Gasteiger partial charge >= 0.3 is 0 Å². The minimum atomic E-state index is 0.569. The SMILES string of the molecule is CCc1ncc(CCCOc2c(C)cc(-c3noc(C)n3)cc2C)s1. The van der Waals surface area contributed by atoms with Crippen LogP contribution < -0.4 is 4.74 Å². The molecule has 0 N–H and O–H groups in total. The molecule has 3 aromatic rings. The van der Waals surface area contributed by atoms with Gasteiger partial charge in [-0.05, 0) is 56.4 Å². The first-order valence-corrected chi connectivity index (χ1v) is 9.36. The van der Waals surface area contributed by atoms with Crippen LogP contribution in [0.2, 0.25) is 0 Å². The summed E-state index contributed by atoms with van der Waals surface area (Å²) >= 11 is 1.80. The van der Waals surface area contributed by atoms with Crippen LogP contribution in [0.4, 0.5) is 0 Å². The van der Waals surface area contributed by atoms with E-state index in [4.69, 9.17) is 9.26 Å². The van der Waals surface area contributed by atoms with E-state index in [2.05, 4.69) is 35.9 Å². The van der Waals surface area contributed by atoms with Gasteiger partial charge < -0.3 is 9.26 Å². The van der Waals surface area contributed by atoms with E-state index in [0.29, 0.717) is 18.3 Å². The van der Waals surface area contributed by atoms with Crippen LogP contribution in [-0.2, 0) is 12.8 Å². The maximum absolute atomic E-state index is 6.04. The lowest BCUT2D eigenvalue weighted by Gasteiger charge is -2.13. The largest absolute Gasteiger partial charge is 0.493 e. The zero-order chi connectivity index (χ0) is 17.8. The predicted molar refractivity (Wildman–Crippen MR) is 99.3 cm³/mol. The maximum atomic E-state index is 6.04. The third kappa shape index (κ3) is 4.25. The first-order chi connectivity index (χ1) is 12.1. The van der Waals surface area contributed by atoms with Crippen molar-refractivity contribution in [3.05, 3.63) is 45.2 Å². The number of nitrogens with zero attached hydrogens (tertiary/aromatic N) is 3. The number of ether oxygens (including phenoxy) is 1. The molecule has 25 heavy (non-hydrogen) atoms. The van der Waals surface area contributed by atoms with E-state index in [-0.39, 0.29) is 0 Å². The molecule has 5 nitrogen and oxygen atoms in total. The molecule has 6 heteroatoms. The van der Waals surface area contributed by atoms with Crippen LogP contribution in [0.3, 0.4) is 0 Å². The summed E-state index contributed by atoms with van der Waals surface area (Å²) in [5.74, 6) is 2.13. The average molecular weight is 357 g/mol. The van der Waals surface area contributed by atoms with Gasteiger partial charge in [-0.25, -0.2) is 4.98 Å². The molecule has 2 aromatic heterocycles. The number of hydrogen-bond donors (Lipinski definition) is 0. The third-order valence-corrected chi connectivity index (χ3v) is 5.17. The molecule has 0 radical (unpaired) electrons. The molecule has 0 unspecified atom stereocenters. The first-order valence-electron chi connectivity index (χ1n) is 8.55. The van der Waals surface area contributed by atoms with Gasteiger partial charge in [-0.1, -0.05) is 12.1 Å². The monoisotopic (exact) mass is 357 g/mol. The number of aryl methyl sites for hydroxylation is 5. The summed E-state index contributed by atoms with van der Waals surface area (Å²) in [5.41, 5.74) is 3.13. The Morgan fingerprint density at radius 2 is 1.92 bits per heavy atom. The standard InChI is InChI=1S/C19H23N3O2S/c1-5-17-20-11-16(25-17)7-6-8-23-18-12(2)9-15(10-13(18)3)19-21-14(4)24-22-19/h9-11H,5-8H2,1-4H3. The van der Waals surface area contributed by atoms with Crippen molar-refractivity contribution in [2.24, 2.45) is 0 Å². The van der Waals surface area contributed by atoms with Gasteiger partial charge in [0.1, 0.15) is 5.75 Å². The van der Waals surface area contributed by atoms with Crippen molar-refractivity contribution in [1.29, 1.82) is 0 Å². The Labute approximate surface area is 152 Å². The summed E-state index contributed by atoms with van der Waals surface area (Å²) in [7, 11) is 0. The van der Waals surface area contributed by atoms with Gasteiger partial charge in [-0.3, -0.25) is 0 Å². The van der Waals surface area contributed by atoms with Crippen molar-refractivity contribution in [2.75, 3.05) is 6.61 Å². The van der Waals surface area contributed by atoms with Crippen LogP contribution >= 0.6 is 11.3 Å². The maximum Gasteiger partial charge on any atom is 0.223 e. The summed E-state index contributed by atoms with van der Waals surface area (Å²) in [6.45, 7) is 8.73. The van der Waals surface area contributed by atoms with Crippen LogP contribution in [0, 0.1) is 20.8 Å². The van der Waals surface area contributed by atoms with E-state index in [9.17, 15) is 0 Å². The van der Waals surface area contributed by atoms with Crippen LogP contribution in [0.1, 0.15) is 40.2 Å². The molecule has 0 aliphatic carbocycles. The number of aromatic nitrogens is 3. The van der Waals surface area contributed by atoms with Crippen LogP contribution in [0.15, 0.2) is 22.9 Å². The molecule has 0 spiro atoms. The normalized spacial score (nSPS) is 11.0. The highest BCUT2D eigenvalue weighted by molar-refractivity contribution is 7.11. The Morgan fingerprint density at radius 3 is 2.52 bits per heavy atom. The molecule has 0 saturated heterocycles. The van der Waals surface area contributed by atoms with E-state index in [1.165, 1.54) is 9.88 Å². The van der Waals surface area contributed by atoms with Crippen molar-refractivity contribution in [1.82, 2.24) is 15.1 Å². The van der Waals surface area contributed by atoms with E-state index in [1.54, 1.807) is 18.3 Å². The summed E-state index contributed by atoms with van der Waals surface area (Å²) in [6, 6.07) is 4.09. The van der Waals surface area contributed by atoms with Crippen molar-refractivity contribution < 1.29 is 9.26 Å². The second kappa shape index (κ2) is 7.78. The Balaban J connectivity index is 1.60. The highest BCUT2D eigenvalue weighted by Crippen LogP contribution is 2.29. The highest BCUT2D eigenvalue weighted by atomic mass is 32.1. The fourth-order valence-corrected chi connectivity index (χ4v) is 3.68. The molecule has 0 aliphatic rings. The number of benzene rings is 1. The molecule has 2 heterocycles. The van der Waals surface area contributed by atoms with Gasteiger partial charge in [-0.15, -0.1) is 11.3 Å². The lowest BCUT2D eigenvalue weighted by Crippen LogP contribution is -2.02. The fourth-order valence-electron chi connectivity index (χ4n) is 2.77. The minimum absolute atomic E-state index is 0.569. The molecule has 0 bridgehead atoms. The molecule has 0 saturated carbocycles. The summed E-state index contributed by atoms with van der Waals surface area (Å²) in [5, 5.41) is 5.19. The lowest BCUT2D eigenvalue weighted by molar-refractivity contribution is 0.307. The van der Waals surface area contributed by atoms with Gasteiger partial charge in [-0.2, -0.15) is 4.98 Å². The van der Waals surface area contributed by atoms with Crippen LogP contribution in [-0.4, -0.2) is 21.7 Å². The Kier molecular flexibility index (Phi) is 5.48. The molecule has 0 aliphatic heterocycles. The molecule has 1 aromatic carbocycles. The van der Waals surface area contributed by atoms with Gasteiger partial charge in [0.15, 0.2) is 0 Å². The Morgan fingerprint density at radius 1 is 1.16 bits per heavy atom. The smallest absolute Gasteiger partial charge is 0.223 e. The van der Waals surface area contributed by atoms with Gasteiger partial charge in [0.25, 0.3) is 0 Å². The van der Waals surface area contributed by atoms with Crippen molar-refractivity contribution >= 4 is 11.3 Å². The van der Waals surface area contributed by atoms with Crippen molar-refractivity contribution in [3.63, 3.8) is 0 Å². The topological polar surface area (TPSA) is 61.0 Å². The highest BCUT2D eigenvalue weighted by Gasteiger charge is 2.11. The zero-order valence-electron chi connectivity index (χ0n) is 15.1. The van der Waals surface area contributed by atoms with Crippen molar-refractivity contribution in [2.45, 2.75) is 47.0 Å². The molecule has 0 amide bonds. The molecule has 0 atom stereocenters. The van der Waals surface area contributed by atoms with Crippen LogP contribution in [0.5, 0.6) is 5.75 Å². The van der Waals surface area contributed by atoms with E-state index in [1.807, 2.05) is 18.3 Å².